The molecule has 1 amide bonds. The summed E-state index contributed by atoms with van der Waals surface area (Å²) < 4.78 is 27.3. The van der Waals surface area contributed by atoms with E-state index in [1.807, 2.05) is 0 Å². The molecule has 0 spiro atoms. The van der Waals surface area contributed by atoms with Crippen LogP contribution in [0.4, 0.5) is 0 Å². The Morgan fingerprint density at radius 3 is 2.32 bits per heavy atom. The Balaban J connectivity index is 1.85. The Kier molecular flexibility index (Phi) is 7.10. The van der Waals surface area contributed by atoms with E-state index in [9.17, 15) is 28.2 Å². The number of amides is 1. The molecule has 2 aromatic carbocycles. The van der Waals surface area contributed by atoms with Crippen molar-refractivity contribution in [2.24, 2.45) is 0 Å². The van der Waals surface area contributed by atoms with Gasteiger partial charge in [-0.25, -0.2) is 8.42 Å². The lowest BCUT2D eigenvalue weighted by atomic mass is 10.0. The number of halogens is 2. The topological polar surface area (TPSA) is 124 Å². The molecule has 0 saturated carbocycles. The summed E-state index contributed by atoms with van der Waals surface area (Å²) in [5.74, 6) is -1.74. The van der Waals surface area contributed by atoms with Gasteiger partial charge in [0.05, 0.1) is 17.4 Å². The van der Waals surface area contributed by atoms with Gasteiger partial charge in [-0.2, -0.15) is 4.31 Å². The predicted molar refractivity (Wildman–Crippen MR) is 115 cm³/mol. The van der Waals surface area contributed by atoms with Gasteiger partial charge in [-0.15, -0.1) is 0 Å². The standard InChI is InChI=1S/C20H20Cl2N2O6S/c21-13-8-14(22)10-16(9-13)31(29,30)24-7-1-2-18(24)20(28)23-17(11-19(26)27)12-3-5-15(25)6-4-12/h3-6,8-10,17-18,25H,1-2,7,11H2,(H,23,28)(H,26,27)/t17-,18+/m1/s1. The van der Waals surface area contributed by atoms with Crippen molar-refractivity contribution in [1.82, 2.24) is 9.62 Å². The number of phenols is 1. The summed E-state index contributed by atoms with van der Waals surface area (Å²) in [4.78, 5) is 24.2. The maximum atomic E-state index is 13.1. The Bertz CT molecular complexity index is 1070. The van der Waals surface area contributed by atoms with E-state index in [1.54, 1.807) is 0 Å². The van der Waals surface area contributed by atoms with Gasteiger partial charge in [-0.05, 0) is 48.7 Å². The van der Waals surface area contributed by atoms with Gasteiger partial charge in [0.1, 0.15) is 11.8 Å². The molecule has 8 nitrogen and oxygen atoms in total. The first-order valence-corrected chi connectivity index (χ1v) is 11.6. The average molecular weight is 487 g/mol. The zero-order valence-electron chi connectivity index (χ0n) is 16.2. The van der Waals surface area contributed by atoms with Crippen molar-refractivity contribution >= 4 is 45.1 Å². The fourth-order valence-electron chi connectivity index (χ4n) is 3.50. The number of hydrogen-bond donors (Lipinski definition) is 3. The molecule has 1 aliphatic rings. The minimum atomic E-state index is -4.05. The van der Waals surface area contributed by atoms with Crippen molar-refractivity contribution in [3.8, 4) is 5.75 Å². The van der Waals surface area contributed by atoms with Crippen LogP contribution in [0.5, 0.6) is 5.75 Å². The van der Waals surface area contributed by atoms with E-state index in [1.165, 1.54) is 42.5 Å². The van der Waals surface area contributed by atoms with Crippen molar-refractivity contribution in [2.45, 2.75) is 36.2 Å². The zero-order chi connectivity index (χ0) is 22.8. The summed E-state index contributed by atoms with van der Waals surface area (Å²) in [7, 11) is -4.05. The molecule has 0 aromatic heterocycles. The minimum Gasteiger partial charge on any atom is -0.508 e. The Hall–Kier alpha value is -2.33. The lowest BCUT2D eigenvalue weighted by Crippen LogP contribution is -2.47. The summed E-state index contributed by atoms with van der Waals surface area (Å²) in [5, 5.41) is 21.6. The van der Waals surface area contributed by atoms with Crippen LogP contribution in [0.3, 0.4) is 0 Å². The number of carbonyl (C=O) groups excluding carboxylic acids is 1. The highest BCUT2D eigenvalue weighted by Gasteiger charge is 2.40. The number of hydrogen-bond acceptors (Lipinski definition) is 5. The van der Waals surface area contributed by atoms with Gasteiger partial charge in [-0.3, -0.25) is 9.59 Å². The minimum absolute atomic E-state index is 0.00241. The van der Waals surface area contributed by atoms with Crippen molar-refractivity contribution in [3.63, 3.8) is 0 Å². The molecule has 1 aliphatic heterocycles. The predicted octanol–water partition coefficient (Wildman–Crippen LogP) is 3.18. The van der Waals surface area contributed by atoms with Gasteiger partial charge in [0.25, 0.3) is 0 Å². The molecule has 2 aromatic rings. The number of nitrogens with zero attached hydrogens (tertiary/aromatic N) is 1. The van der Waals surface area contributed by atoms with Gasteiger partial charge < -0.3 is 15.5 Å². The molecule has 31 heavy (non-hydrogen) atoms. The number of aliphatic carboxylic acids is 1. The van der Waals surface area contributed by atoms with Gasteiger partial charge >= 0.3 is 5.97 Å². The van der Waals surface area contributed by atoms with Crippen molar-refractivity contribution in [1.29, 1.82) is 0 Å². The maximum absolute atomic E-state index is 13.1. The fraction of sp³-hybridized carbons (Fsp3) is 0.300. The first-order chi connectivity index (χ1) is 14.6. The van der Waals surface area contributed by atoms with Crippen LogP contribution in [-0.2, 0) is 19.6 Å². The van der Waals surface area contributed by atoms with E-state index < -0.39 is 40.4 Å². The van der Waals surface area contributed by atoms with Crippen LogP contribution in [-0.4, -0.2) is 47.4 Å². The lowest BCUT2D eigenvalue weighted by Gasteiger charge is -2.26. The van der Waals surface area contributed by atoms with Crippen LogP contribution in [0.15, 0.2) is 47.4 Å². The fourth-order valence-corrected chi connectivity index (χ4v) is 5.89. The highest BCUT2D eigenvalue weighted by Crippen LogP contribution is 2.30. The van der Waals surface area contributed by atoms with Crippen molar-refractivity contribution < 1.29 is 28.2 Å². The molecule has 11 heteroatoms. The van der Waals surface area contributed by atoms with E-state index in [0.29, 0.717) is 12.0 Å². The van der Waals surface area contributed by atoms with Crippen LogP contribution in [0.2, 0.25) is 10.0 Å². The maximum Gasteiger partial charge on any atom is 0.305 e. The molecule has 2 atom stereocenters. The quantitative estimate of drug-likeness (QED) is 0.551. The van der Waals surface area contributed by atoms with Crippen molar-refractivity contribution in [2.75, 3.05) is 6.54 Å². The average Bonchev–Trinajstić information content (AvgIpc) is 3.18. The molecule has 0 aliphatic carbocycles. The third-order valence-electron chi connectivity index (χ3n) is 4.94. The van der Waals surface area contributed by atoms with E-state index in [4.69, 9.17) is 23.2 Å². The SMILES string of the molecule is O=C(O)C[C@@H](NC(=O)[C@@H]1CCCN1S(=O)(=O)c1cc(Cl)cc(Cl)c1)c1ccc(O)cc1. The number of sulfonamides is 1. The number of rotatable bonds is 7. The highest BCUT2D eigenvalue weighted by atomic mass is 35.5. The van der Waals surface area contributed by atoms with E-state index >= 15 is 0 Å². The Morgan fingerprint density at radius 2 is 1.74 bits per heavy atom. The van der Waals surface area contributed by atoms with E-state index in [2.05, 4.69) is 5.32 Å². The van der Waals surface area contributed by atoms with Crippen LogP contribution >= 0.6 is 23.2 Å². The Morgan fingerprint density at radius 1 is 1.13 bits per heavy atom. The third kappa shape index (κ3) is 5.48. The van der Waals surface area contributed by atoms with Crippen LogP contribution < -0.4 is 5.32 Å². The number of aromatic hydroxyl groups is 1. The molecule has 1 saturated heterocycles. The van der Waals surface area contributed by atoms with Gasteiger partial charge in [0.15, 0.2) is 0 Å². The van der Waals surface area contributed by atoms with E-state index in [0.717, 1.165) is 4.31 Å². The van der Waals surface area contributed by atoms with E-state index in [-0.39, 0.29) is 33.7 Å². The largest absolute Gasteiger partial charge is 0.508 e. The monoisotopic (exact) mass is 486 g/mol. The van der Waals surface area contributed by atoms with Gasteiger partial charge in [0.2, 0.25) is 15.9 Å². The lowest BCUT2D eigenvalue weighted by molar-refractivity contribution is -0.137. The summed E-state index contributed by atoms with van der Waals surface area (Å²) in [6, 6.07) is 7.80. The molecule has 0 bridgehead atoms. The molecule has 3 N–H and O–H groups in total. The van der Waals surface area contributed by atoms with Crippen molar-refractivity contribution in [3.05, 3.63) is 58.1 Å². The summed E-state index contributed by atoms with van der Waals surface area (Å²) in [6.07, 6.45) is 0.350. The normalized spacial score (nSPS) is 17.9. The van der Waals surface area contributed by atoms with Gasteiger partial charge in [0, 0.05) is 16.6 Å². The zero-order valence-corrected chi connectivity index (χ0v) is 18.5. The number of carboxylic acids is 1. The number of carbonyl (C=O) groups is 2. The first-order valence-electron chi connectivity index (χ1n) is 9.37. The highest BCUT2D eigenvalue weighted by molar-refractivity contribution is 7.89. The van der Waals surface area contributed by atoms with Gasteiger partial charge in [-0.1, -0.05) is 35.3 Å². The number of benzene rings is 2. The van der Waals surface area contributed by atoms with Crippen LogP contribution in [0.1, 0.15) is 30.9 Å². The number of phenolic OH excluding ortho intramolecular Hbond substituents is 1. The van der Waals surface area contributed by atoms with Crippen LogP contribution in [0, 0.1) is 0 Å². The molecule has 1 heterocycles. The molecular weight excluding hydrogens is 467 g/mol. The molecular formula is C20H20Cl2N2O6S. The first kappa shape index (κ1) is 23.3. The third-order valence-corrected chi connectivity index (χ3v) is 7.26. The molecule has 1 fully saturated rings. The second-order valence-corrected chi connectivity index (χ2v) is 9.89. The summed E-state index contributed by atoms with van der Waals surface area (Å²) in [5.41, 5.74) is 0.475. The number of carboxylic acid groups (broad SMARTS) is 1. The summed E-state index contributed by atoms with van der Waals surface area (Å²) in [6.45, 7) is 0.132. The Labute approximate surface area is 189 Å². The molecule has 0 unspecified atom stereocenters. The molecule has 166 valence electrons. The summed E-state index contributed by atoms with van der Waals surface area (Å²) >= 11 is 11.9. The number of nitrogens with one attached hydrogen (secondary N) is 1. The molecule has 0 radical (unpaired) electrons. The second kappa shape index (κ2) is 9.44. The van der Waals surface area contributed by atoms with Crippen LogP contribution in [0.25, 0.3) is 0 Å². The smallest absolute Gasteiger partial charge is 0.305 e. The molecule has 3 rings (SSSR count). The second-order valence-electron chi connectivity index (χ2n) is 7.13.